The average molecular weight is 318 g/mol. The van der Waals surface area contributed by atoms with Crippen molar-refractivity contribution in [3.63, 3.8) is 0 Å². The zero-order chi connectivity index (χ0) is 12.5. The van der Waals surface area contributed by atoms with Gasteiger partial charge in [0.05, 0.1) is 5.56 Å². The van der Waals surface area contributed by atoms with Crippen molar-refractivity contribution < 1.29 is 13.2 Å². The van der Waals surface area contributed by atoms with E-state index in [2.05, 4.69) is 4.98 Å². The molecule has 1 fully saturated rings. The maximum absolute atomic E-state index is 12.5. The van der Waals surface area contributed by atoms with E-state index < -0.39 is 11.7 Å². The van der Waals surface area contributed by atoms with Crippen LogP contribution >= 0.6 is 24.8 Å². The highest BCUT2D eigenvalue weighted by Crippen LogP contribution is 2.31. The highest BCUT2D eigenvalue weighted by molar-refractivity contribution is 5.85. The SMILES string of the molecule is Cl.Cl.NC1CCN(c2cc(C(F)(F)F)ccn2)CC1. The molecule has 0 atom stereocenters. The fraction of sp³-hybridized carbons (Fsp3) is 0.545. The van der Waals surface area contributed by atoms with Crippen LogP contribution < -0.4 is 10.6 Å². The first-order chi connectivity index (χ1) is 7.97. The van der Waals surface area contributed by atoms with Crippen LogP contribution in [0.1, 0.15) is 18.4 Å². The van der Waals surface area contributed by atoms with Gasteiger partial charge in [-0.15, -0.1) is 24.8 Å². The van der Waals surface area contributed by atoms with E-state index >= 15 is 0 Å². The number of pyridine rings is 1. The molecule has 1 aromatic heterocycles. The molecule has 0 bridgehead atoms. The Bertz CT molecular complexity index is 393. The summed E-state index contributed by atoms with van der Waals surface area (Å²) in [6.07, 6.45) is -1.54. The van der Waals surface area contributed by atoms with Gasteiger partial charge in [0.15, 0.2) is 0 Å². The molecule has 0 saturated carbocycles. The lowest BCUT2D eigenvalue weighted by molar-refractivity contribution is -0.137. The Balaban J connectivity index is 0.00000162. The van der Waals surface area contributed by atoms with Crippen molar-refractivity contribution in [2.75, 3.05) is 18.0 Å². The summed E-state index contributed by atoms with van der Waals surface area (Å²) in [5.74, 6) is 0.381. The molecule has 110 valence electrons. The summed E-state index contributed by atoms with van der Waals surface area (Å²) in [6, 6.07) is 2.23. The minimum absolute atomic E-state index is 0. The van der Waals surface area contributed by atoms with Gasteiger partial charge in [0, 0.05) is 25.3 Å². The zero-order valence-corrected chi connectivity index (χ0v) is 11.7. The molecule has 0 radical (unpaired) electrons. The Kier molecular flexibility index (Phi) is 6.89. The van der Waals surface area contributed by atoms with Crippen molar-refractivity contribution in [2.24, 2.45) is 5.73 Å². The largest absolute Gasteiger partial charge is 0.416 e. The van der Waals surface area contributed by atoms with Crippen molar-refractivity contribution in [2.45, 2.75) is 25.1 Å². The molecule has 3 nitrogen and oxygen atoms in total. The van der Waals surface area contributed by atoms with E-state index in [4.69, 9.17) is 5.73 Å². The quantitative estimate of drug-likeness (QED) is 0.866. The van der Waals surface area contributed by atoms with Crippen LogP contribution in [-0.4, -0.2) is 24.1 Å². The lowest BCUT2D eigenvalue weighted by Crippen LogP contribution is -2.40. The van der Waals surface area contributed by atoms with Gasteiger partial charge < -0.3 is 10.6 Å². The number of hydrogen-bond donors (Lipinski definition) is 1. The van der Waals surface area contributed by atoms with Crippen molar-refractivity contribution in [1.29, 1.82) is 0 Å². The molecule has 1 aliphatic rings. The number of piperidine rings is 1. The third-order valence-corrected chi connectivity index (χ3v) is 2.94. The number of aromatic nitrogens is 1. The van der Waals surface area contributed by atoms with Gasteiger partial charge in [-0.05, 0) is 25.0 Å². The summed E-state index contributed by atoms with van der Waals surface area (Å²) in [5.41, 5.74) is 5.09. The summed E-state index contributed by atoms with van der Waals surface area (Å²) in [6.45, 7) is 1.32. The van der Waals surface area contributed by atoms with Crippen LogP contribution in [0.4, 0.5) is 19.0 Å². The number of hydrogen-bond acceptors (Lipinski definition) is 3. The lowest BCUT2D eigenvalue weighted by Gasteiger charge is -2.31. The van der Waals surface area contributed by atoms with Crippen molar-refractivity contribution in [1.82, 2.24) is 4.98 Å². The Morgan fingerprint density at radius 1 is 1.21 bits per heavy atom. The summed E-state index contributed by atoms with van der Waals surface area (Å²) < 4.78 is 37.6. The van der Waals surface area contributed by atoms with E-state index in [1.165, 1.54) is 6.20 Å². The topological polar surface area (TPSA) is 42.1 Å². The van der Waals surface area contributed by atoms with E-state index in [0.29, 0.717) is 18.9 Å². The van der Waals surface area contributed by atoms with Gasteiger partial charge in [-0.25, -0.2) is 4.98 Å². The molecule has 1 saturated heterocycles. The molecule has 2 heterocycles. The van der Waals surface area contributed by atoms with E-state index in [0.717, 1.165) is 25.0 Å². The predicted molar refractivity (Wildman–Crippen MR) is 73.2 cm³/mol. The average Bonchev–Trinajstić information content (AvgIpc) is 2.29. The molecule has 0 spiro atoms. The highest BCUT2D eigenvalue weighted by Gasteiger charge is 2.31. The first kappa shape index (κ1) is 18.3. The molecule has 0 aliphatic carbocycles. The molecular weight excluding hydrogens is 302 g/mol. The van der Waals surface area contributed by atoms with E-state index in [-0.39, 0.29) is 30.9 Å². The maximum atomic E-state index is 12.5. The minimum Gasteiger partial charge on any atom is -0.356 e. The number of alkyl halides is 3. The van der Waals surface area contributed by atoms with E-state index in [9.17, 15) is 13.2 Å². The fourth-order valence-corrected chi connectivity index (χ4v) is 1.90. The molecule has 0 unspecified atom stereocenters. The normalized spacial score (nSPS) is 16.5. The number of nitrogens with two attached hydrogens (primary N) is 1. The Morgan fingerprint density at radius 2 is 1.79 bits per heavy atom. The van der Waals surface area contributed by atoms with Gasteiger partial charge in [-0.2, -0.15) is 13.2 Å². The Morgan fingerprint density at radius 3 is 2.32 bits per heavy atom. The van der Waals surface area contributed by atoms with Gasteiger partial charge in [0.1, 0.15) is 5.82 Å². The zero-order valence-electron chi connectivity index (χ0n) is 10.1. The highest BCUT2D eigenvalue weighted by atomic mass is 35.5. The number of nitrogens with zero attached hydrogens (tertiary/aromatic N) is 2. The van der Waals surface area contributed by atoms with Crippen molar-refractivity contribution in [3.8, 4) is 0 Å². The maximum Gasteiger partial charge on any atom is 0.416 e. The second-order valence-corrected chi connectivity index (χ2v) is 4.22. The molecule has 0 aromatic carbocycles. The fourth-order valence-electron chi connectivity index (χ4n) is 1.90. The second-order valence-electron chi connectivity index (χ2n) is 4.22. The summed E-state index contributed by atoms with van der Waals surface area (Å²) in [4.78, 5) is 5.83. The van der Waals surface area contributed by atoms with Gasteiger partial charge >= 0.3 is 6.18 Å². The van der Waals surface area contributed by atoms with E-state index in [1.54, 1.807) is 0 Å². The van der Waals surface area contributed by atoms with Crippen molar-refractivity contribution >= 4 is 30.6 Å². The third kappa shape index (κ3) is 4.71. The summed E-state index contributed by atoms with van der Waals surface area (Å²) >= 11 is 0. The number of anilines is 1. The molecule has 19 heavy (non-hydrogen) atoms. The van der Waals surface area contributed by atoms with Gasteiger partial charge in [-0.3, -0.25) is 0 Å². The molecule has 2 rings (SSSR count). The molecule has 2 N–H and O–H groups in total. The first-order valence-electron chi connectivity index (χ1n) is 5.50. The smallest absolute Gasteiger partial charge is 0.356 e. The van der Waals surface area contributed by atoms with Crippen LogP contribution in [0, 0.1) is 0 Å². The monoisotopic (exact) mass is 317 g/mol. The van der Waals surface area contributed by atoms with Crippen LogP contribution in [-0.2, 0) is 6.18 Å². The summed E-state index contributed by atoms with van der Waals surface area (Å²) in [7, 11) is 0. The summed E-state index contributed by atoms with van der Waals surface area (Å²) in [5, 5.41) is 0. The van der Waals surface area contributed by atoms with Crippen LogP contribution in [0.5, 0.6) is 0 Å². The van der Waals surface area contributed by atoms with Crippen LogP contribution in [0.3, 0.4) is 0 Å². The van der Waals surface area contributed by atoms with Crippen LogP contribution in [0.15, 0.2) is 18.3 Å². The van der Waals surface area contributed by atoms with Gasteiger partial charge in [-0.1, -0.05) is 0 Å². The Hall–Kier alpha value is -0.720. The van der Waals surface area contributed by atoms with Crippen LogP contribution in [0.25, 0.3) is 0 Å². The predicted octanol–water partition coefficient (Wildman–Crippen LogP) is 2.87. The molecule has 1 aliphatic heterocycles. The second kappa shape index (κ2) is 7.17. The first-order valence-corrected chi connectivity index (χ1v) is 5.50. The van der Waals surface area contributed by atoms with Gasteiger partial charge in [0.25, 0.3) is 0 Å². The third-order valence-electron chi connectivity index (χ3n) is 2.94. The molecule has 0 amide bonds. The van der Waals surface area contributed by atoms with Crippen molar-refractivity contribution in [3.05, 3.63) is 23.9 Å². The standard InChI is InChI=1S/C11H14F3N3.2ClH/c12-11(13,14)8-1-4-16-10(7-8)17-5-2-9(15)3-6-17;;/h1,4,7,9H,2-3,5-6,15H2;2*1H. The molecule has 8 heteroatoms. The Labute approximate surface area is 122 Å². The minimum atomic E-state index is -4.32. The lowest BCUT2D eigenvalue weighted by atomic mass is 10.1. The van der Waals surface area contributed by atoms with Gasteiger partial charge in [0.2, 0.25) is 0 Å². The van der Waals surface area contributed by atoms with Crippen LogP contribution in [0.2, 0.25) is 0 Å². The molecular formula is C11H16Cl2F3N3. The molecule has 1 aromatic rings. The number of halogens is 5. The number of rotatable bonds is 1. The van der Waals surface area contributed by atoms with E-state index in [1.807, 2.05) is 4.90 Å².